The summed E-state index contributed by atoms with van der Waals surface area (Å²) in [6.07, 6.45) is -0.612. The molecule has 102 valence electrons. The Morgan fingerprint density at radius 2 is 2.05 bits per heavy atom. The fraction of sp³-hybridized carbons (Fsp3) is 0.308. The van der Waals surface area contributed by atoms with Gasteiger partial charge in [-0.25, -0.2) is 4.98 Å². The molecule has 1 aromatic carbocycles. The Morgan fingerprint density at radius 3 is 2.74 bits per heavy atom. The van der Waals surface area contributed by atoms with Gasteiger partial charge in [-0.05, 0) is 18.6 Å². The first kappa shape index (κ1) is 13.6. The minimum atomic E-state index is -4.36. The molecule has 0 saturated heterocycles. The van der Waals surface area contributed by atoms with Gasteiger partial charge in [0.05, 0.1) is 5.56 Å². The van der Waals surface area contributed by atoms with Crippen LogP contribution in [0.15, 0.2) is 36.7 Å². The van der Waals surface area contributed by atoms with Crippen molar-refractivity contribution in [2.45, 2.75) is 19.1 Å². The average Bonchev–Trinajstić information content (AvgIpc) is 2.83. The molecule has 0 atom stereocenters. The first-order valence-electron chi connectivity index (χ1n) is 5.82. The van der Waals surface area contributed by atoms with Gasteiger partial charge in [0.25, 0.3) is 0 Å². The number of nitrogens with zero attached hydrogens (tertiary/aromatic N) is 2. The molecule has 0 unspecified atom stereocenters. The summed E-state index contributed by atoms with van der Waals surface area (Å²) in [6, 6.07) is 5.07. The van der Waals surface area contributed by atoms with Crippen LogP contribution in [0.5, 0.6) is 0 Å². The molecule has 1 heterocycles. The highest BCUT2D eigenvalue weighted by Crippen LogP contribution is 2.31. The van der Waals surface area contributed by atoms with E-state index in [1.54, 1.807) is 16.8 Å². The summed E-state index contributed by atoms with van der Waals surface area (Å²) >= 11 is 0. The summed E-state index contributed by atoms with van der Waals surface area (Å²) in [5.41, 5.74) is -0.278. The van der Waals surface area contributed by atoms with Crippen LogP contribution in [0.25, 0.3) is 11.4 Å². The van der Waals surface area contributed by atoms with Crippen LogP contribution in [0.2, 0.25) is 0 Å². The zero-order valence-electron chi connectivity index (χ0n) is 10.1. The third kappa shape index (κ3) is 3.14. The molecule has 0 aliphatic heterocycles. The summed E-state index contributed by atoms with van der Waals surface area (Å²) in [5, 5.41) is 8.79. The van der Waals surface area contributed by atoms with Gasteiger partial charge in [-0.2, -0.15) is 13.2 Å². The highest BCUT2D eigenvalue weighted by Gasteiger charge is 2.30. The molecule has 0 aliphatic rings. The molecule has 1 aromatic heterocycles. The Hall–Kier alpha value is -1.82. The number of hydrogen-bond donors (Lipinski definition) is 1. The molecule has 0 bridgehead atoms. The zero-order valence-corrected chi connectivity index (χ0v) is 10.1. The van der Waals surface area contributed by atoms with Crippen LogP contribution in [0.3, 0.4) is 0 Å². The Bertz CT molecular complexity index is 549. The zero-order chi connectivity index (χ0) is 13.9. The molecule has 3 nitrogen and oxygen atoms in total. The fourth-order valence-electron chi connectivity index (χ4n) is 1.83. The maximum Gasteiger partial charge on any atom is 0.416 e. The number of imidazole rings is 1. The van der Waals surface area contributed by atoms with Crippen molar-refractivity contribution in [3.05, 3.63) is 42.2 Å². The van der Waals surface area contributed by atoms with E-state index >= 15 is 0 Å². The minimum Gasteiger partial charge on any atom is -0.396 e. The van der Waals surface area contributed by atoms with Gasteiger partial charge in [0.1, 0.15) is 5.82 Å². The van der Waals surface area contributed by atoms with E-state index in [1.165, 1.54) is 12.3 Å². The largest absolute Gasteiger partial charge is 0.416 e. The SMILES string of the molecule is OCCCn1ccnc1-c1cccc(C(F)(F)F)c1. The molecule has 0 radical (unpaired) electrons. The molecule has 0 amide bonds. The Balaban J connectivity index is 2.34. The number of aromatic nitrogens is 2. The maximum atomic E-state index is 12.7. The smallest absolute Gasteiger partial charge is 0.396 e. The minimum absolute atomic E-state index is 0.0280. The predicted octanol–water partition coefficient (Wildman–Crippen LogP) is 2.95. The van der Waals surface area contributed by atoms with Crippen molar-refractivity contribution in [1.29, 1.82) is 0 Å². The molecule has 0 saturated carbocycles. The van der Waals surface area contributed by atoms with Crippen LogP contribution in [0.4, 0.5) is 13.2 Å². The molecule has 0 spiro atoms. The lowest BCUT2D eigenvalue weighted by atomic mass is 10.1. The molecule has 0 fully saturated rings. The quantitative estimate of drug-likeness (QED) is 0.927. The topological polar surface area (TPSA) is 38.0 Å². The summed E-state index contributed by atoms with van der Waals surface area (Å²) in [6.45, 7) is 0.544. The van der Waals surface area contributed by atoms with Gasteiger partial charge in [0, 0.05) is 31.1 Å². The number of aryl methyl sites for hydroxylation is 1. The summed E-state index contributed by atoms with van der Waals surface area (Å²) < 4.78 is 39.7. The summed E-state index contributed by atoms with van der Waals surface area (Å²) in [7, 11) is 0. The van der Waals surface area contributed by atoms with E-state index in [0.29, 0.717) is 24.4 Å². The van der Waals surface area contributed by atoms with Crippen molar-refractivity contribution in [3.63, 3.8) is 0 Å². The number of rotatable bonds is 4. The number of alkyl halides is 3. The van der Waals surface area contributed by atoms with E-state index < -0.39 is 11.7 Å². The summed E-state index contributed by atoms with van der Waals surface area (Å²) in [5.74, 6) is 0.472. The lowest BCUT2D eigenvalue weighted by Crippen LogP contribution is -2.06. The Kier molecular flexibility index (Phi) is 3.90. The van der Waals surface area contributed by atoms with Crippen molar-refractivity contribution in [2.75, 3.05) is 6.61 Å². The van der Waals surface area contributed by atoms with Crippen LogP contribution in [-0.2, 0) is 12.7 Å². The molecule has 19 heavy (non-hydrogen) atoms. The van der Waals surface area contributed by atoms with Gasteiger partial charge in [0.2, 0.25) is 0 Å². The van der Waals surface area contributed by atoms with E-state index in [2.05, 4.69) is 4.98 Å². The summed E-state index contributed by atoms with van der Waals surface area (Å²) in [4.78, 5) is 4.08. The fourth-order valence-corrected chi connectivity index (χ4v) is 1.83. The van der Waals surface area contributed by atoms with Crippen molar-refractivity contribution in [3.8, 4) is 11.4 Å². The van der Waals surface area contributed by atoms with E-state index in [4.69, 9.17) is 5.11 Å². The highest BCUT2D eigenvalue weighted by atomic mass is 19.4. The van der Waals surface area contributed by atoms with Crippen LogP contribution in [0.1, 0.15) is 12.0 Å². The van der Waals surface area contributed by atoms with Crippen LogP contribution < -0.4 is 0 Å². The van der Waals surface area contributed by atoms with E-state index in [0.717, 1.165) is 12.1 Å². The first-order valence-corrected chi connectivity index (χ1v) is 5.82. The number of hydrogen-bond acceptors (Lipinski definition) is 2. The number of aliphatic hydroxyl groups excluding tert-OH is 1. The highest BCUT2D eigenvalue weighted by molar-refractivity contribution is 5.57. The van der Waals surface area contributed by atoms with Crippen molar-refractivity contribution < 1.29 is 18.3 Å². The lowest BCUT2D eigenvalue weighted by Gasteiger charge is -2.10. The Morgan fingerprint density at radius 1 is 1.26 bits per heavy atom. The third-order valence-corrected chi connectivity index (χ3v) is 2.72. The molecule has 0 aliphatic carbocycles. The number of halogens is 3. The molecular formula is C13H13F3N2O. The second-order valence-electron chi connectivity index (χ2n) is 4.10. The predicted molar refractivity (Wildman–Crippen MR) is 64.4 cm³/mol. The third-order valence-electron chi connectivity index (χ3n) is 2.72. The normalized spacial score (nSPS) is 11.8. The van der Waals surface area contributed by atoms with Crippen molar-refractivity contribution in [1.82, 2.24) is 9.55 Å². The Labute approximate surface area is 108 Å². The monoisotopic (exact) mass is 270 g/mol. The van der Waals surface area contributed by atoms with Crippen LogP contribution in [-0.4, -0.2) is 21.3 Å². The molecule has 6 heteroatoms. The van der Waals surface area contributed by atoms with E-state index in [1.807, 2.05) is 0 Å². The van der Waals surface area contributed by atoms with Crippen LogP contribution in [0, 0.1) is 0 Å². The van der Waals surface area contributed by atoms with E-state index in [-0.39, 0.29) is 6.61 Å². The van der Waals surface area contributed by atoms with Gasteiger partial charge in [-0.3, -0.25) is 0 Å². The molecule has 1 N–H and O–H groups in total. The molecule has 2 rings (SSSR count). The van der Waals surface area contributed by atoms with Gasteiger partial charge in [0.15, 0.2) is 0 Å². The second kappa shape index (κ2) is 5.44. The van der Waals surface area contributed by atoms with Gasteiger partial charge in [-0.15, -0.1) is 0 Å². The van der Waals surface area contributed by atoms with Crippen molar-refractivity contribution >= 4 is 0 Å². The standard InChI is InChI=1S/C13H13F3N2O/c14-13(15,16)11-4-1-3-10(9-11)12-17-5-7-18(12)6-2-8-19/h1,3-5,7,9,19H,2,6,8H2. The van der Waals surface area contributed by atoms with Crippen LogP contribution >= 0.6 is 0 Å². The number of aliphatic hydroxyl groups is 1. The van der Waals surface area contributed by atoms with Gasteiger partial charge in [-0.1, -0.05) is 12.1 Å². The number of benzene rings is 1. The van der Waals surface area contributed by atoms with Gasteiger partial charge < -0.3 is 9.67 Å². The van der Waals surface area contributed by atoms with E-state index in [9.17, 15) is 13.2 Å². The maximum absolute atomic E-state index is 12.7. The van der Waals surface area contributed by atoms with Crippen molar-refractivity contribution in [2.24, 2.45) is 0 Å². The molecular weight excluding hydrogens is 257 g/mol. The van der Waals surface area contributed by atoms with Gasteiger partial charge >= 0.3 is 6.18 Å². The average molecular weight is 270 g/mol. The first-order chi connectivity index (χ1) is 9.02. The lowest BCUT2D eigenvalue weighted by molar-refractivity contribution is -0.137. The molecule has 2 aromatic rings. The second-order valence-corrected chi connectivity index (χ2v) is 4.10.